The molecule has 1 aliphatic rings. The van der Waals surface area contributed by atoms with Crippen LogP contribution in [0.1, 0.15) is 39.5 Å². The van der Waals surface area contributed by atoms with Crippen molar-refractivity contribution in [3.8, 4) is 11.5 Å². The zero-order valence-electron chi connectivity index (χ0n) is 14.4. The van der Waals surface area contributed by atoms with Crippen molar-refractivity contribution < 1.29 is 9.21 Å². The van der Waals surface area contributed by atoms with Crippen molar-refractivity contribution in [2.45, 2.75) is 56.0 Å². The third-order valence-electron chi connectivity index (χ3n) is 4.50. The number of amides is 1. The molecule has 0 spiro atoms. The minimum atomic E-state index is -0.231. The van der Waals surface area contributed by atoms with E-state index in [1.807, 2.05) is 36.1 Å². The van der Waals surface area contributed by atoms with Gasteiger partial charge in [-0.05, 0) is 56.9 Å². The molecule has 2 heterocycles. The van der Waals surface area contributed by atoms with E-state index >= 15 is 0 Å². The number of carbonyl (C=O) groups excluding carboxylic acids is 1. The van der Waals surface area contributed by atoms with Crippen LogP contribution in [0.4, 0.5) is 0 Å². The summed E-state index contributed by atoms with van der Waals surface area (Å²) in [5.41, 5.74) is 0.864. The summed E-state index contributed by atoms with van der Waals surface area (Å²) in [6, 6.07) is 8.06. The molecule has 134 valence electrons. The molecular weight excluding hydrogens is 402 g/mol. The fraction of sp³-hybridized carbons (Fsp3) is 0.500. The first-order valence-corrected chi connectivity index (χ1v) is 10.3. The van der Waals surface area contributed by atoms with Gasteiger partial charge in [0.05, 0.1) is 5.25 Å². The predicted molar refractivity (Wildman–Crippen MR) is 102 cm³/mol. The first kappa shape index (κ1) is 18.5. The highest BCUT2D eigenvalue weighted by atomic mass is 79.9. The van der Waals surface area contributed by atoms with Crippen LogP contribution in [0.2, 0.25) is 0 Å². The molecule has 0 N–H and O–H groups in total. The van der Waals surface area contributed by atoms with E-state index in [9.17, 15) is 4.79 Å². The van der Waals surface area contributed by atoms with E-state index in [4.69, 9.17) is 4.42 Å². The quantitative estimate of drug-likeness (QED) is 0.647. The Balaban J connectivity index is 1.65. The smallest absolute Gasteiger partial charge is 0.277 e. The highest BCUT2D eigenvalue weighted by Crippen LogP contribution is 2.29. The molecule has 0 bridgehead atoms. The number of benzene rings is 1. The van der Waals surface area contributed by atoms with Crippen LogP contribution in [0, 0.1) is 0 Å². The predicted octanol–water partition coefficient (Wildman–Crippen LogP) is 4.77. The van der Waals surface area contributed by atoms with Crippen LogP contribution in [0.3, 0.4) is 0 Å². The summed E-state index contributed by atoms with van der Waals surface area (Å²) in [5.74, 6) is 0.638. The van der Waals surface area contributed by atoms with Gasteiger partial charge in [-0.3, -0.25) is 4.79 Å². The fourth-order valence-corrected chi connectivity index (χ4v) is 4.13. The Bertz CT molecular complexity index is 719. The fourth-order valence-electron chi connectivity index (χ4n) is 3.12. The third kappa shape index (κ3) is 4.44. The van der Waals surface area contributed by atoms with Gasteiger partial charge in [0.15, 0.2) is 0 Å². The summed E-state index contributed by atoms with van der Waals surface area (Å²) < 4.78 is 6.72. The lowest BCUT2D eigenvalue weighted by molar-refractivity contribution is -0.134. The van der Waals surface area contributed by atoms with E-state index in [0.717, 1.165) is 35.8 Å². The summed E-state index contributed by atoms with van der Waals surface area (Å²) in [7, 11) is 0. The third-order valence-corrected chi connectivity index (χ3v) is 5.95. The van der Waals surface area contributed by atoms with Gasteiger partial charge in [-0.15, -0.1) is 10.2 Å². The molecular formula is C18H22BrN3O2S. The number of nitrogens with zero attached hydrogens (tertiary/aromatic N) is 3. The molecule has 1 saturated heterocycles. The second kappa shape index (κ2) is 8.36. The van der Waals surface area contributed by atoms with Crippen molar-refractivity contribution in [3.05, 3.63) is 28.7 Å². The van der Waals surface area contributed by atoms with E-state index in [2.05, 4.69) is 33.1 Å². The lowest BCUT2D eigenvalue weighted by atomic mass is 10.00. The maximum Gasteiger partial charge on any atom is 0.277 e. The minimum Gasteiger partial charge on any atom is -0.411 e. The van der Waals surface area contributed by atoms with Crippen LogP contribution in [0.15, 0.2) is 38.4 Å². The van der Waals surface area contributed by atoms with E-state index in [1.165, 1.54) is 18.2 Å². The number of thioether (sulfide) groups is 1. The van der Waals surface area contributed by atoms with Gasteiger partial charge < -0.3 is 9.32 Å². The molecule has 1 aromatic heterocycles. The van der Waals surface area contributed by atoms with Crippen LogP contribution in [-0.4, -0.2) is 38.8 Å². The summed E-state index contributed by atoms with van der Waals surface area (Å²) in [6.45, 7) is 4.92. The summed E-state index contributed by atoms with van der Waals surface area (Å²) in [5, 5.41) is 8.38. The highest BCUT2D eigenvalue weighted by molar-refractivity contribution is 9.10. The summed E-state index contributed by atoms with van der Waals surface area (Å²) in [6.07, 6.45) is 4.42. The Kier molecular flexibility index (Phi) is 6.17. The van der Waals surface area contributed by atoms with Gasteiger partial charge in [-0.2, -0.15) is 0 Å². The molecule has 0 radical (unpaired) electrons. The minimum absolute atomic E-state index is 0.167. The zero-order chi connectivity index (χ0) is 17.8. The van der Waals surface area contributed by atoms with Crippen LogP contribution in [0.5, 0.6) is 0 Å². The van der Waals surface area contributed by atoms with Crippen LogP contribution in [0.25, 0.3) is 11.5 Å². The van der Waals surface area contributed by atoms with Gasteiger partial charge in [0.2, 0.25) is 11.8 Å². The van der Waals surface area contributed by atoms with Gasteiger partial charge in [-0.25, -0.2) is 0 Å². The van der Waals surface area contributed by atoms with Crippen LogP contribution >= 0.6 is 27.7 Å². The lowest BCUT2D eigenvalue weighted by Crippen LogP contribution is -2.46. The summed E-state index contributed by atoms with van der Waals surface area (Å²) >= 11 is 4.74. The Morgan fingerprint density at radius 3 is 2.84 bits per heavy atom. The van der Waals surface area contributed by atoms with Crippen molar-refractivity contribution >= 4 is 33.6 Å². The maximum atomic E-state index is 12.8. The van der Waals surface area contributed by atoms with Gasteiger partial charge in [0, 0.05) is 22.6 Å². The topological polar surface area (TPSA) is 59.2 Å². The molecule has 3 rings (SSSR count). The molecule has 2 unspecified atom stereocenters. The van der Waals surface area contributed by atoms with Crippen molar-refractivity contribution in [2.75, 3.05) is 6.54 Å². The number of piperidine rings is 1. The SMILES string of the molecule is CCC1CCCCN1C(=O)C(C)Sc1nnc(-c2ccc(Br)cc2)o1. The second-order valence-corrected chi connectivity index (χ2v) is 8.44. The first-order valence-electron chi connectivity index (χ1n) is 8.65. The summed E-state index contributed by atoms with van der Waals surface area (Å²) in [4.78, 5) is 14.8. The van der Waals surface area contributed by atoms with Crippen molar-refractivity contribution in [3.63, 3.8) is 0 Å². The average Bonchev–Trinajstić information content (AvgIpc) is 3.10. The second-order valence-electron chi connectivity index (χ2n) is 6.23. The maximum absolute atomic E-state index is 12.8. The Hall–Kier alpha value is -1.34. The zero-order valence-corrected chi connectivity index (χ0v) is 16.8. The number of hydrogen-bond acceptors (Lipinski definition) is 5. The number of likely N-dealkylation sites (tertiary alicyclic amines) is 1. The van der Waals surface area contributed by atoms with Crippen LogP contribution < -0.4 is 0 Å². The Morgan fingerprint density at radius 2 is 2.12 bits per heavy atom. The standard InChI is InChI=1S/C18H22BrN3O2S/c1-3-15-6-4-5-11-22(15)17(23)12(2)25-18-21-20-16(24-18)13-7-9-14(19)10-8-13/h7-10,12,15H,3-6,11H2,1-2H3. The molecule has 1 aromatic carbocycles. The number of carbonyl (C=O) groups is 1. The van der Waals surface area contributed by atoms with Gasteiger partial charge in [0.1, 0.15) is 0 Å². The molecule has 1 fully saturated rings. The van der Waals surface area contributed by atoms with E-state index in [-0.39, 0.29) is 11.2 Å². The average molecular weight is 424 g/mol. The lowest BCUT2D eigenvalue weighted by Gasteiger charge is -2.36. The van der Waals surface area contributed by atoms with E-state index < -0.39 is 0 Å². The normalized spacial score (nSPS) is 19.0. The monoisotopic (exact) mass is 423 g/mol. The highest BCUT2D eigenvalue weighted by Gasteiger charge is 2.30. The molecule has 0 saturated carbocycles. The van der Waals surface area contributed by atoms with E-state index in [0.29, 0.717) is 17.2 Å². The van der Waals surface area contributed by atoms with Gasteiger partial charge in [0.25, 0.3) is 5.22 Å². The van der Waals surface area contributed by atoms with E-state index in [1.54, 1.807) is 0 Å². The van der Waals surface area contributed by atoms with Crippen molar-refractivity contribution in [1.82, 2.24) is 15.1 Å². The molecule has 2 atom stereocenters. The number of hydrogen-bond donors (Lipinski definition) is 0. The number of rotatable bonds is 5. The molecule has 1 amide bonds. The van der Waals surface area contributed by atoms with Crippen molar-refractivity contribution in [1.29, 1.82) is 0 Å². The van der Waals surface area contributed by atoms with Crippen molar-refractivity contribution in [2.24, 2.45) is 0 Å². The first-order chi connectivity index (χ1) is 12.1. The molecule has 5 nitrogen and oxygen atoms in total. The van der Waals surface area contributed by atoms with Gasteiger partial charge >= 0.3 is 0 Å². The molecule has 1 aliphatic heterocycles. The molecule has 7 heteroatoms. The van der Waals surface area contributed by atoms with Crippen LogP contribution in [-0.2, 0) is 4.79 Å². The van der Waals surface area contributed by atoms with Gasteiger partial charge in [-0.1, -0.05) is 34.6 Å². The largest absolute Gasteiger partial charge is 0.411 e. The molecule has 2 aromatic rings. The Labute approximate surface area is 160 Å². The Morgan fingerprint density at radius 1 is 1.36 bits per heavy atom. The number of halogens is 1. The molecule has 0 aliphatic carbocycles. The molecule has 25 heavy (non-hydrogen) atoms. The number of aromatic nitrogens is 2.